The number of imidazole rings is 1. The highest BCUT2D eigenvalue weighted by molar-refractivity contribution is 5.95. The van der Waals surface area contributed by atoms with Crippen molar-refractivity contribution in [2.24, 2.45) is 10.7 Å². The van der Waals surface area contributed by atoms with Gasteiger partial charge in [-0.3, -0.25) is 10.3 Å². The second kappa shape index (κ2) is 10.0. The van der Waals surface area contributed by atoms with Gasteiger partial charge in [0.2, 0.25) is 0 Å². The van der Waals surface area contributed by atoms with Gasteiger partial charge in [0, 0.05) is 25.0 Å². The molecule has 0 bridgehead atoms. The van der Waals surface area contributed by atoms with Gasteiger partial charge in [-0.1, -0.05) is 30.3 Å². The fourth-order valence-electron chi connectivity index (χ4n) is 2.28. The van der Waals surface area contributed by atoms with E-state index in [0.717, 1.165) is 31.4 Å². The van der Waals surface area contributed by atoms with Crippen molar-refractivity contribution in [3.05, 3.63) is 54.1 Å². The third-order valence-electron chi connectivity index (χ3n) is 3.45. The van der Waals surface area contributed by atoms with Crippen LogP contribution >= 0.6 is 0 Å². The number of aromatic nitrogens is 2. The zero-order valence-electron chi connectivity index (χ0n) is 13.7. The Morgan fingerprint density at radius 2 is 2.04 bits per heavy atom. The Hall–Kier alpha value is -2.83. The van der Waals surface area contributed by atoms with Gasteiger partial charge < -0.3 is 16.0 Å². The zero-order chi connectivity index (χ0) is 17.0. The van der Waals surface area contributed by atoms with Crippen molar-refractivity contribution in [2.45, 2.75) is 25.7 Å². The molecule has 0 aliphatic heterocycles. The first-order chi connectivity index (χ1) is 11.7. The number of amides is 2. The molecule has 1 heterocycles. The lowest BCUT2D eigenvalue weighted by molar-refractivity contribution is 0.253. The fraction of sp³-hybridized carbons (Fsp3) is 0.353. The molecule has 2 rings (SSSR count). The molecule has 5 N–H and O–H groups in total. The maximum Gasteiger partial charge on any atom is 0.318 e. The number of hydrogen-bond acceptors (Lipinski definition) is 3. The number of primary amides is 1. The summed E-state index contributed by atoms with van der Waals surface area (Å²) in [7, 11) is 0. The molecule has 0 aliphatic rings. The van der Waals surface area contributed by atoms with E-state index in [2.05, 4.69) is 37.7 Å². The summed E-state index contributed by atoms with van der Waals surface area (Å²) in [6, 6.07) is 9.64. The number of nitrogens with one attached hydrogen (secondary N) is 3. The van der Waals surface area contributed by atoms with Crippen LogP contribution in [0.15, 0.2) is 47.8 Å². The Balaban J connectivity index is 1.71. The molecule has 2 amide bonds. The average molecular weight is 328 g/mol. The molecule has 0 radical (unpaired) electrons. The van der Waals surface area contributed by atoms with Crippen LogP contribution in [0.1, 0.15) is 24.1 Å². The van der Waals surface area contributed by atoms with E-state index < -0.39 is 6.03 Å². The summed E-state index contributed by atoms with van der Waals surface area (Å²) in [6.45, 7) is 1.31. The summed E-state index contributed by atoms with van der Waals surface area (Å²) in [5.74, 6) is 0.431. The predicted molar refractivity (Wildman–Crippen MR) is 94.7 cm³/mol. The quantitative estimate of drug-likeness (QED) is 0.336. The average Bonchev–Trinajstić information content (AvgIpc) is 3.09. The van der Waals surface area contributed by atoms with Gasteiger partial charge in [0.1, 0.15) is 0 Å². The van der Waals surface area contributed by atoms with Crippen LogP contribution in [-0.2, 0) is 12.8 Å². The van der Waals surface area contributed by atoms with E-state index in [-0.39, 0.29) is 0 Å². The number of nitrogens with zero attached hydrogens (tertiary/aromatic N) is 2. The fourth-order valence-corrected chi connectivity index (χ4v) is 2.28. The summed E-state index contributed by atoms with van der Waals surface area (Å²) < 4.78 is 0. The van der Waals surface area contributed by atoms with Crippen LogP contribution in [0.5, 0.6) is 0 Å². The lowest BCUT2D eigenvalue weighted by atomic mass is 10.1. The van der Waals surface area contributed by atoms with Crippen LogP contribution in [-0.4, -0.2) is 35.0 Å². The largest absolute Gasteiger partial charge is 0.356 e. The molecule has 0 aliphatic carbocycles. The maximum absolute atomic E-state index is 11.1. The predicted octanol–water partition coefficient (Wildman–Crippen LogP) is 1.59. The molecule has 0 fully saturated rings. The van der Waals surface area contributed by atoms with Gasteiger partial charge in [-0.2, -0.15) is 0 Å². The Bertz CT molecular complexity index is 624. The Kier molecular flexibility index (Phi) is 7.33. The first kappa shape index (κ1) is 17.5. The standard InChI is InChI=1S/C17H24N6O/c18-16(24)23-17(21-11-5-9-15-12-19-13-22-15)20-10-4-8-14-6-2-1-3-7-14/h1-3,6-7,12-13H,4-5,8-11H2,(H,19,22)(H4,18,20,21,23,24). The van der Waals surface area contributed by atoms with Crippen LogP contribution in [0, 0.1) is 0 Å². The van der Waals surface area contributed by atoms with Crippen molar-refractivity contribution in [2.75, 3.05) is 13.1 Å². The van der Waals surface area contributed by atoms with E-state index in [0.29, 0.717) is 19.0 Å². The Morgan fingerprint density at radius 3 is 2.75 bits per heavy atom. The zero-order valence-corrected chi connectivity index (χ0v) is 13.7. The molecule has 7 nitrogen and oxygen atoms in total. The van der Waals surface area contributed by atoms with Gasteiger partial charge in [0.25, 0.3) is 0 Å². The number of aryl methyl sites for hydroxylation is 2. The van der Waals surface area contributed by atoms with Gasteiger partial charge in [-0.25, -0.2) is 9.78 Å². The van der Waals surface area contributed by atoms with Gasteiger partial charge in [0.05, 0.1) is 6.33 Å². The van der Waals surface area contributed by atoms with Crippen LogP contribution in [0.25, 0.3) is 0 Å². The van der Waals surface area contributed by atoms with E-state index in [4.69, 9.17) is 5.73 Å². The highest BCUT2D eigenvalue weighted by Gasteiger charge is 2.02. The summed E-state index contributed by atoms with van der Waals surface area (Å²) in [6.07, 6.45) is 7.10. The molecule has 24 heavy (non-hydrogen) atoms. The normalized spacial score (nSPS) is 11.2. The molecule has 0 atom stereocenters. The minimum atomic E-state index is -0.613. The summed E-state index contributed by atoms with van der Waals surface area (Å²) >= 11 is 0. The van der Waals surface area contributed by atoms with Crippen molar-refractivity contribution < 1.29 is 4.79 Å². The Labute approximate surface area is 141 Å². The molecular weight excluding hydrogens is 304 g/mol. The third kappa shape index (κ3) is 6.95. The monoisotopic (exact) mass is 328 g/mol. The molecule has 0 saturated heterocycles. The van der Waals surface area contributed by atoms with Gasteiger partial charge in [-0.05, 0) is 31.2 Å². The minimum Gasteiger partial charge on any atom is -0.356 e. The molecule has 128 valence electrons. The van der Waals surface area contributed by atoms with Crippen LogP contribution in [0.4, 0.5) is 4.79 Å². The third-order valence-corrected chi connectivity index (χ3v) is 3.45. The van der Waals surface area contributed by atoms with E-state index in [1.54, 1.807) is 12.5 Å². The second-order valence-electron chi connectivity index (χ2n) is 5.42. The summed E-state index contributed by atoms with van der Waals surface area (Å²) in [5.41, 5.74) is 7.55. The molecule has 2 aromatic rings. The number of guanidine groups is 1. The number of nitrogens with two attached hydrogens (primary N) is 1. The number of H-pyrrole nitrogens is 1. The van der Waals surface area contributed by atoms with Crippen molar-refractivity contribution >= 4 is 12.0 Å². The minimum absolute atomic E-state index is 0.431. The van der Waals surface area contributed by atoms with Crippen molar-refractivity contribution in [1.29, 1.82) is 0 Å². The summed E-state index contributed by atoms with van der Waals surface area (Å²) in [5, 5.41) is 5.65. The molecule has 1 aromatic carbocycles. The molecule has 7 heteroatoms. The first-order valence-electron chi connectivity index (χ1n) is 8.10. The number of urea groups is 1. The number of aliphatic imine (C=N–C) groups is 1. The number of hydrogen-bond donors (Lipinski definition) is 4. The van der Waals surface area contributed by atoms with Crippen molar-refractivity contribution in [1.82, 2.24) is 20.6 Å². The molecule has 0 spiro atoms. The number of carbonyl (C=O) groups is 1. The second-order valence-corrected chi connectivity index (χ2v) is 5.42. The van der Waals surface area contributed by atoms with Gasteiger partial charge >= 0.3 is 6.03 Å². The van der Waals surface area contributed by atoms with Crippen LogP contribution < -0.4 is 16.4 Å². The smallest absolute Gasteiger partial charge is 0.318 e. The van der Waals surface area contributed by atoms with Gasteiger partial charge in [-0.15, -0.1) is 0 Å². The highest BCUT2D eigenvalue weighted by atomic mass is 16.2. The molecule has 0 saturated carbocycles. The molecule has 0 unspecified atom stereocenters. The van der Waals surface area contributed by atoms with E-state index in [1.807, 2.05) is 18.2 Å². The maximum atomic E-state index is 11.1. The highest BCUT2D eigenvalue weighted by Crippen LogP contribution is 2.02. The SMILES string of the molecule is NC(=O)NC(=NCCCc1ccccc1)NCCCc1cnc[nH]1. The number of aromatic amines is 1. The Morgan fingerprint density at radius 1 is 1.21 bits per heavy atom. The number of carbonyl (C=O) groups excluding carboxylic acids is 1. The number of rotatable bonds is 8. The molecule has 1 aromatic heterocycles. The molecular formula is C17H24N6O. The lowest BCUT2D eigenvalue weighted by Crippen LogP contribution is -2.44. The van der Waals surface area contributed by atoms with Crippen molar-refractivity contribution in [3.63, 3.8) is 0 Å². The van der Waals surface area contributed by atoms with E-state index in [9.17, 15) is 4.79 Å². The van der Waals surface area contributed by atoms with Gasteiger partial charge in [0.15, 0.2) is 5.96 Å². The number of benzene rings is 1. The summed E-state index contributed by atoms with van der Waals surface area (Å²) in [4.78, 5) is 22.5. The topological polar surface area (TPSA) is 108 Å². The van der Waals surface area contributed by atoms with E-state index >= 15 is 0 Å². The first-order valence-corrected chi connectivity index (χ1v) is 8.10. The van der Waals surface area contributed by atoms with E-state index in [1.165, 1.54) is 5.56 Å². The van der Waals surface area contributed by atoms with Crippen LogP contribution in [0.2, 0.25) is 0 Å². The van der Waals surface area contributed by atoms with Crippen molar-refractivity contribution in [3.8, 4) is 0 Å². The lowest BCUT2D eigenvalue weighted by Gasteiger charge is -2.10. The van der Waals surface area contributed by atoms with Crippen LogP contribution in [0.3, 0.4) is 0 Å².